The summed E-state index contributed by atoms with van der Waals surface area (Å²) in [6, 6.07) is 7.62. The molecule has 10 nitrogen and oxygen atoms in total. The van der Waals surface area contributed by atoms with Crippen LogP contribution in [0.4, 0.5) is 0 Å². The smallest absolute Gasteiger partial charge is 0.291 e. The summed E-state index contributed by atoms with van der Waals surface area (Å²) < 4.78 is 0. The molecule has 5 rings (SSSR count). The molecule has 2 aliphatic carbocycles. The van der Waals surface area contributed by atoms with Crippen LogP contribution < -0.4 is 10.6 Å². The Morgan fingerprint density at radius 2 is 1.71 bits per heavy atom. The summed E-state index contributed by atoms with van der Waals surface area (Å²) in [5.74, 6) is 2.01. The van der Waals surface area contributed by atoms with E-state index in [0.29, 0.717) is 29.1 Å². The fraction of sp³-hybridized carbons (Fsp3) is 0.714. The van der Waals surface area contributed by atoms with Gasteiger partial charge in [0.15, 0.2) is 11.7 Å². The summed E-state index contributed by atoms with van der Waals surface area (Å²) in [6.07, 6.45) is 11.9. The number of nitrogens with zero attached hydrogens (tertiary/aromatic N) is 5. The van der Waals surface area contributed by atoms with Gasteiger partial charge in [-0.2, -0.15) is 5.21 Å². The van der Waals surface area contributed by atoms with Gasteiger partial charge in [-0.25, -0.2) is 4.99 Å². The Kier molecular flexibility index (Phi) is 9.99. The molecule has 2 saturated carbocycles. The Balaban J connectivity index is 1.41. The molecule has 2 fully saturated rings. The molecule has 1 aliphatic heterocycles. The molecule has 0 unspecified atom stereocenters. The predicted octanol–water partition coefficient (Wildman–Crippen LogP) is 6.34. The number of aromatic nitrogens is 4. The van der Waals surface area contributed by atoms with Gasteiger partial charge in [0.25, 0.3) is 11.8 Å². The molecule has 0 bridgehead atoms. The van der Waals surface area contributed by atoms with Crippen LogP contribution >= 0.6 is 0 Å². The van der Waals surface area contributed by atoms with E-state index in [1.807, 2.05) is 24.3 Å². The van der Waals surface area contributed by atoms with Crippen molar-refractivity contribution >= 4 is 17.6 Å². The average molecular weight is 619 g/mol. The minimum Gasteiger partial charge on any atom is -0.365 e. The van der Waals surface area contributed by atoms with Gasteiger partial charge >= 0.3 is 0 Å². The molecule has 1 atom stereocenters. The Morgan fingerprint density at radius 3 is 2.31 bits per heavy atom. The van der Waals surface area contributed by atoms with Gasteiger partial charge in [-0.05, 0) is 91.7 Å². The number of hydrogen-bond donors (Lipinski definition) is 3. The molecule has 2 amide bonds. The van der Waals surface area contributed by atoms with Gasteiger partial charge in [-0.15, -0.1) is 10.2 Å². The van der Waals surface area contributed by atoms with Crippen molar-refractivity contribution in [3.05, 3.63) is 41.2 Å². The van der Waals surface area contributed by atoms with E-state index < -0.39 is 5.66 Å². The number of hydrogen-bond acceptors (Lipinski definition) is 7. The molecule has 2 heterocycles. The molecule has 1 aromatic carbocycles. The molecule has 246 valence electrons. The van der Waals surface area contributed by atoms with E-state index in [-0.39, 0.29) is 35.2 Å². The van der Waals surface area contributed by atoms with Crippen molar-refractivity contribution in [2.24, 2.45) is 27.7 Å². The quantitative estimate of drug-likeness (QED) is 0.301. The Hall–Kier alpha value is -3.30. The van der Waals surface area contributed by atoms with Crippen molar-refractivity contribution in [1.82, 2.24) is 36.2 Å². The molecule has 1 spiro atoms. The molecular formula is C35H54N8O2. The van der Waals surface area contributed by atoms with Gasteiger partial charge in [0.2, 0.25) is 0 Å². The maximum atomic E-state index is 14.5. The minimum absolute atomic E-state index is 0.0286. The first kappa shape index (κ1) is 33.1. The third-order valence-corrected chi connectivity index (χ3v) is 10.3. The molecule has 10 heteroatoms. The van der Waals surface area contributed by atoms with Crippen LogP contribution in [-0.2, 0) is 11.3 Å². The Labute approximate surface area is 269 Å². The molecule has 3 aliphatic rings. The Bertz CT molecular complexity index is 1310. The number of carbonyl (C=O) groups excluding carboxylic acids is 2. The second-order valence-electron chi connectivity index (χ2n) is 15.9. The lowest BCUT2D eigenvalue weighted by molar-refractivity contribution is -0.134. The zero-order valence-corrected chi connectivity index (χ0v) is 28.3. The zero-order valence-electron chi connectivity index (χ0n) is 28.3. The number of H-pyrrole nitrogens is 1. The number of aromatic amines is 1. The largest absolute Gasteiger partial charge is 0.365 e. The highest BCUT2D eigenvalue weighted by Crippen LogP contribution is 2.49. The highest BCUT2D eigenvalue weighted by molar-refractivity contribution is 6.39. The van der Waals surface area contributed by atoms with E-state index in [9.17, 15) is 9.59 Å². The SMILES string of the molecule is CC(C)(C)CC[C@H](c1ccc(C(=O)NCc2nn[nH]n2)cc1)N1C(=O)C(NCC2CCCCC2)=NC12CCC(C(C)(C)C)CC2. The number of rotatable bonds is 9. The lowest BCUT2D eigenvalue weighted by Crippen LogP contribution is -2.52. The number of amides is 2. The maximum absolute atomic E-state index is 14.5. The predicted molar refractivity (Wildman–Crippen MR) is 176 cm³/mol. The number of benzene rings is 1. The van der Waals surface area contributed by atoms with E-state index in [1.54, 1.807) is 0 Å². The first-order chi connectivity index (χ1) is 21.3. The van der Waals surface area contributed by atoms with Gasteiger partial charge in [0.1, 0.15) is 5.66 Å². The third-order valence-electron chi connectivity index (χ3n) is 10.3. The van der Waals surface area contributed by atoms with E-state index >= 15 is 0 Å². The monoisotopic (exact) mass is 618 g/mol. The van der Waals surface area contributed by atoms with Gasteiger partial charge in [0.05, 0.1) is 12.6 Å². The third kappa shape index (κ3) is 8.11. The Morgan fingerprint density at radius 1 is 1.02 bits per heavy atom. The number of tetrazole rings is 1. The topological polar surface area (TPSA) is 128 Å². The van der Waals surface area contributed by atoms with Crippen LogP contribution in [0.25, 0.3) is 0 Å². The minimum atomic E-state index is -0.545. The molecular weight excluding hydrogens is 564 g/mol. The first-order valence-corrected chi connectivity index (χ1v) is 17.1. The number of amidine groups is 1. The first-order valence-electron chi connectivity index (χ1n) is 17.1. The molecule has 2 aromatic rings. The van der Waals surface area contributed by atoms with Crippen LogP contribution in [0.5, 0.6) is 0 Å². The molecule has 0 radical (unpaired) electrons. The highest BCUT2D eigenvalue weighted by Gasteiger charge is 2.52. The van der Waals surface area contributed by atoms with Gasteiger partial charge in [0, 0.05) is 12.1 Å². The van der Waals surface area contributed by atoms with Crippen molar-refractivity contribution in [3.8, 4) is 0 Å². The van der Waals surface area contributed by atoms with E-state index in [4.69, 9.17) is 4.99 Å². The van der Waals surface area contributed by atoms with E-state index in [2.05, 4.69) is 77.7 Å². The van der Waals surface area contributed by atoms with Crippen molar-refractivity contribution in [2.75, 3.05) is 6.54 Å². The summed E-state index contributed by atoms with van der Waals surface area (Å²) in [5.41, 5.74) is 1.39. The van der Waals surface area contributed by atoms with Crippen LogP contribution in [0.2, 0.25) is 0 Å². The number of nitrogens with one attached hydrogen (secondary N) is 3. The molecule has 1 aromatic heterocycles. The summed E-state index contributed by atoms with van der Waals surface area (Å²) in [4.78, 5) is 34.9. The number of carbonyl (C=O) groups is 2. The maximum Gasteiger partial charge on any atom is 0.291 e. The second-order valence-corrected chi connectivity index (χ2v) is 15.9. The summed E-state index contributed by atoms with van der Waals surface area (Å²) in [5, 5.41) is 20.2. The van der Waals surface area contributed by atoms with Crippen LogP contribution in [0, 0.1) is 22.7 Å². The van der Waals surface area contributed by atoms with Crippen molar-refractivity contribution in [3.63, 3.8) is 0 Å². The van der Waals surface area contributed by atoms with Crippen molar-refractivity contribution < 1.29 is 9.59 Å². The lowest BCUT2D eigenvalue weighted by Gasteiger charge is -2.47. The fourth-order valence-electron chi connectivity index (χ4n) is 7.48. The standard InChI is InChI=1S/C35H54N8O2/c1-33(2,3)19-18-28(25-12-14-26(15-13-25)31(44)37-23-29-39-41-42-40-29)43-32(45)30(36-22-24-10-8-7-9-11-24)38-35(43)20-16-27(17-21-35)34(4,5)6/h12-15,24,27-28H,7-11,16-23H2,1-6H3,(H,36,38)(H,37,44)(H,39,40,41,42)/t27?,28-,35?/m1/s1. The normalized spacial score (nSPS) is 23.7. The van der Waals surface area contributed by atoms with E-state index in [0.717, 1.165) is 50.6 Å². The molecule has 45 heavy (non-hydrogen) atoms. The van der Waals surface area contributed by atoms with Crippen LogP contribution in [0.15, 0.2) is 29.3 Å². The van der Waals surface area contributed by atoms with Crippen LogP contribution in [-0.4, -0.2) is 55.4 Å². The number of aliphatic imine (C=N–C) groups is 1. The van der Waals surface area contributed by atoms with Crippen molar-refractivity contribution in [1.29, 1.82) is 0 Å². The van der Waals surface area contributed by atoms with Crippen LogP contribution in [0.1, 0.15) is 140 Å². The molecule has 0 saturated heterocycles. The van der Waals surface area contributed by atoms with E-state index in [1.165, 1.54) is 32.1 Å². The highest BCUT2D eigenvalue weighted by atomic mass is 16.2. The summed E-state index contributed by atoms with van der Waals surface area (Å²) in [7, 11) is 0. The lowest BCUT2D eigenvalue weighted by atomic mass is 9.69. The fourth-order valence-corrected chi connectivity index (χ4v) is 7.48. The van der Waals surface area contributed by atoms with Crippen molar-refractivity contribution in [2.45, 2.75) is 130 Å². The summed E-state index contributed by atoms with van der Waals surface area (Å²) in [6.45, 7) is 14.8. The zero-order chi connectivity index (χ0) is 32.2. The molecule has 3 N–H and O–H groups in total. The van der Waals surface area contributed by atoms with Gasteiger partial charge in [-0.1, -0.05) is 78.2 Å². The average Bonchev–Trinajstić information content (AvgIpc) is 3.62. The van der Waals surface area contributed by atoms with Gasteiger partial charge < -0.3 is 15.5 Å². The van der Waals surface area contributed by atoms with Crippen LogP contribution in [0.3, 0.4) is 0 Å². The summed E-state index contributed by atoms with van der Waals surface area (Å²) >= 11 is 0. The van der Waals surface area contributed by atoms with Gasteiger partial charge in [-0.3, -0.25) is 9.59 Å². The second kappa shape index (κ2) is 13.6.